The molecule has 2 aliphatic rings. The van der Waals surface area contributed by atoms with Crippen molar-refractivity contribution in [2.75, 3.05) is 0 Å². The van der Waals surface area contributed by atoms with Crippen LogP contribution < -0.4 is 0 Å². The fraction of sp³-hybridized carbons (Fsp3) is 0.429. The molecule has 1 heterocycles. The van der Waals surface area contributed by atoms with E-state index in [0.29, 0.717) is 6.42 Å². The van der Waals surface area contributed by atoms with Gasteiger partial charge < -0.3 is 9.47 Å². The molecule has 0 bridgehead atoms. The molecule has 0 radical (unpaired) electrons. The lowest BCUT2D eigenvalue weighted by Crippen LogP contribution is -2.26. The van der Waals surface area contributed by atoms with Crippen molar-refractivity contribution in [2.24, 2.45) is 5.92 Å². The highest BCUT2D eigenvalue weighted by molar-refractivity contribution is 5.87. The van der Waals surface area contributed by atoms with E-state index >= 15 is 0 Å². The first-order chi connectivity index (χ1) is 8.66. The van der Waals surface area contributed by atoms with Crippen LogP contribution in [0.5, 0.6) is 0 Å². The average Bonchev–Trinajstić information content (AvgIpc) is 3.01. The molecule has 0 N–H and O–H groups in total. The van der Waals surface area contributed by atoms with Crippen molar-refractivity contribution in [1.82, 2.24) is 0 Å². The summed E-state index contributed by atoms with van der Waals surface area (Å²) in [5, 5.41) is 0. The predicted molar refractivity (Wildman–Crippen MR) is 62.7 cm³/mol. The molecule has 94 valence electrons. The topological polar surface area (TPSA) is 55.9 Å². The number of ketones is 1. The highest BCUT2D eigenvalue weighted by Gasteiger charge is 2.59. The van der Waals surface area contributed by atoms with Gasteiger partial charge in [0.15, 0.2) is 0 Å². The van der Waals surface area contributed by atoms with E-state index in [9.17, 15) is 9.59 Å². The Hall–Kier alpha value is -1.68. The van der Waals surface area contributed by atoms with E-state index in [1.54, 1.807) is 0 Å². The molecule has 1 aliphatic carbocycles. The van der Waals surface area contributed by atoms with Crippen LogP contribution in [0.1, 0.15) is 25.0 Å². The van der Waals surface area contributed by atoms with Crippen molar-refractivity contribution in [3.63, 3.8) is 0 Å². The Labute approximate surface area is 105 Å². The molecule has 4 nitrogen and oxygen atoms in total. The van der Waals surface area contributed by atoms with Crippen molar-refractivity contribution in [3.8, 4) is 0 Å². The van der Waals surface area contributed by atoms with E-state index in [1.807, 2.05) is 30.3 Å². The zero-order chi connectivity index (χ0) is 12.7. The second-order valence-corrected chi connectivity index (χ2v) is 4.78. The number of hydrogen-bond acceptors (Lipinski definition) is 4. The lowest BCUT2D eigenvalue weighted by molar-refractivity contribution is -0.152. The molecule has 0 unspecified atom stereocenters. The van der Waals surface area contributed by atoms with Crippen LogP contribution in [-0.2, 0) is 19.1 Å². The molecule has 0 aromatic heterocycles. The van der Waals surface area contributed by atoms with Gasteiger partial charge in [-0.05, 0) is 5.56 Å². The second kappa shape index (κ2) is 4.21. The number of fused-ring (bicyclic) bond motifs is 1. The van der Waals surface area contributed by atoms with Crippen LogP contribution in [0, 0.1) is 5.92 Å². The van der Waals surface area contributed by atoms with Crippen molar-refractivity contribution >= 4 is 11.8 Å². The molecular formula is C14H14O4. The molecular weight excluding hydrogens is 232 g/mol. The number of carbonyl (C=O) groups is 2. The number of Topliss-reactive ketones (excluding diaryl/α,β-unsaturated/α-hetero) is 1. The molecule has 3 rings (SSSR count). The summed E-state index contributed by atoms with van der Waals surface area (Å²) in [5.41, 5.74) is 0.849. The fourth-order valence-corrected chi connectivity index (χ4v) is 2.67. The Kier molecular flexibility index (Phi) is 2.67. The van der Waals surface area contributed by atoms with E-state index in [2.05, 4.69) is 0 Å². The van der Waals surface area contributed by atoms with Gasteiger partial charge in [-0.25, -0.2) is 0 Å². The molecule has 18 heavy (non-hydrogen) atoms. The van der Waals surface area contributed by atoms with Crippen LogP contribution in [0.15, 0.2) is 30.3 Å². The summed E-state index contributed by atoms with van der Waals surface area (Å²) in [5.74, 6) is -0.589. The van der Waals surface area contributed by atoms with Gasteiger partial charge in [0, 0.05) is 13.3 Å². The fourth-order valence-electron chi connectivity index (χ4n) is 2.67. The van der Waals surface area contributed by atoms with Crippen LogP contribution in [0.25, 0.3) is 0 Å². The molecule has 1 aromatic carbocycles. The lowest BCUT2D eigenvalue weighted by atomic mass is 9.92. The third kappa shape index (κ3) is 1.93. The number of rotatable bonds is 3. The summed E-state index contributed by atoms with van der Waals surface area (Å²) in [7, 11) is 0. The highest BCUT2D eigenvalue weighted by Crippen LogP contribution is 2.47. The van der Waals surface area contributed by atoms with Crippen LogP contribution in [0.4, 0.5) is 0 Å². The summed E-state index contributed by atoms with van der Waals surface area (Å²) >= 11 is 0. The van der Waals surface area contributed by atoms with Gasteiger partial charge in [-0.15, -0.1) is 0 Å². The monoisotopic (exact) mass is 246 g/mol. The lowest BCUT2D eigenvalue weighted by Gasteiger charge is -2.23. The Morgan fingerprint density at radius 3 is 2.67 bits per heavy atom. The van der Waals surface area contributed by atoms with Crippen molar-refractivity contribution in [3.05, 3.63) is 35.9 Å². The summed E-state index contributed by atoms with van der Waals surface area (Å²) in [6.07, 6.45) is -0.0973. The summed E-state index contributed by atoms with van der Waals surface area (Å²) in [6, 6.07) is 9.38. The average molecular weight is 246 g/mol. The number of esters is 1. The minimum absolute atomic E-state index is 0.0456. The smallest absolute Gasteiger partial charge is 0.303 e. The van der Waals surface area contributed by atoms with Crippen LogP contribution in [0.3, 0.4) is 0 Å². The van der Waals surface area contributed by atoms with Crippen LogP contribution in [-0.4, -0.2) is 24.0 Å². The third-order valence-electron chi connectivity index (χ3n) is 3.50. The normalized spacial score (nSPS) is 30.7. The molecule has 1 aromatic rings. The number of ether oxygens (including phenoxy) is 2. The third-order valence-corrected chi connectivity index (χ3v) is 3.50. The van der Waals surface area contributed by atoms with Crippen molar-refractivity contribution in [1.29, 1.82) is 0 Å². The summed E-state index contributed by atoms with van der Waals surface area (Å²) in [4.78, 5) is 23.2. The quantitative estimate of drug-likeness (QED) is 0.601. The van der Waals surface area contributed by atoms with E-state index < -0.39 is 6.10 Å². The first-order valence-corrected chi connectivity index (χ1v) is 6.07. The number of epoxide rings is 1. The first kappa shape index (κ1) is 11.4. The van der Waals surface area contributed by atoms with Gasteiger partial charge in [0.1, 0.15) is 11.9 Å². The predicted octanol–water partition coefficient (Wildman–Crippen LogP) is 1.65. The number of benzene rings is 1. The van der Waals surface area contributed by atoms with Gasteiger partial charge in [0.2, 0.25) is 0 Å². The van der Waals surface area contributed by atoms with Crippen molar-refractivity contribution in [2.45, 2.75) is 31.7 Å². The molecule has 1 aliphatic heterocycles. The molecule has 2 fully saturated rings. The summed E-state index contributed by atoms with van der Waals surface area (Å²) in [6.45, 7) is 1.36. The molecule has 4 atom stereocenters. The van der Waals surface area contributed by atoms with Gasteiger partial charge in [0.25, 0.3) is 0 Å². The van der Waals surface area contributed by atoms with E-state index in [1.165, 1.54) is 6.92 Å². The Bertz CT molecular complexity index is 482. The van der Waals surface area contributed by atoms with Gasteiger partial charge in [-0.2, -0.15) is 0 Å². The maximum absolute atomic E-state index is 11.9. The van der Waals surface area contributed by atoms with Gasteiger partial charge in [0.05, 0.1) is 18.1 Å². The van der Waals surface area contributed by atoms with Gasteiger partial charge in [-0.1, -0.05) is 30.3 Å². The standard InChI is InChI=1S/C14H14O4/c1-8(15)17-13(9-5-3-2-4-6-9)12-10(16)7-11-14(12)18-11/h2-6,11-14H,7H2,1H3/t11-,12+,13-,14-/m1/s1. The molecule has 1 saturated carbocycles. The first-order valence-electron chi connectivity index (χ1n) is 6.07. The van der Waals surface area contributed by atoms with Crippen LogP contribution in [0.2, 0.25) is 0 Å². The summed E-state index contributed by atoms with van der Waals surface area (Å²) < 4.78 is 10.8. The maximum Gasteiger partial charge on any atom is 0.303 e. The second-order valence-electron chi connectivity index (χ2n) is 4.78. The number of hydrogen-bond donors (Lipinski definition) is 0. The van der Waals surface area contributed by atoms with Gasteiger partial charge >= 0.3 is 5.97 Å². The van der Waals surface area contributed by atoms with E-state index in [4.69, 9.17) is 9.47 Å². The minimum Gasteiger partial charge on any atom is -0.457 e. The zero-order valence-corrected chi connectivity index (χ0v) is 10.0. The largest absolute Gasteiger partial charge is 0.457 e. The van der Waals surface area contributed by atoms with Gasteiger partial charge in [-0.3, -0.25) is 9.59 Å². The van der Waals surface area contributed by atoms with E-state index in [-0.39, 0.29) is 29.9 Å². The molecule has 0 amide bonds. The minimum atomic E-state index is -0.520. The van der Waals surface area contributed by atoms with Crippen molar-refractivity contribution < 1.29 is 19.1 Å². The van der Waals surface area contributed by atoms with Crippen LogP contribution >= 0.6 is 0 Å². The SMILES string of the molecule is CC(=O)O[C@H](c1ccccc1)[C@@H]1C(=O)C[C@H]2O[C@@H]12. The Morgan fingerprint density at radius 2 is 2.11 bits per heavy atom. The number of carbonyl (C=O) groups excluding carboxylic acids is 2. The zero-order valence-electron chi connectivity index (χ0n) is 10.0. The molecule has 0 spiro atoms. The highest BCUT2D eigenvalue weighted by atomic mass is 16.6. The van der Waals surface area contributed by atoms with E-state index in [0.717, 1.165) is 5.56 Å². The Balaban J connectivity index is 1.90. The molecule has 1 saturated heterocycles. The molecule has 4 heteroatoms. The maximum atomic E-state index is 11.9. The Morgan fingerprint density at radius 1 is 1.39 bits per heavy atom.